The second kappa shape index (κ2) is 4.52. The third-order valence-electron chi connectivity index (χ3n) is 2.92. The smallest absolute Gasteiger partial charge is 0.246 e. The molecule has 1 aromatic heterocycles. The van der Waals surface area contributed by atoms with Gasteiger partial charge in [-0.05, 0) is 12.8 Å². The second-order valence-electron chi connectivity index (χ2n) is 3.94. The number of H-pyrrole nitrogens is 1. The molecule has 0 spiro atoms. The monoisotopic (exact) mass is 244 g/mol. The van der Waals surface area contributed by atoms with E-state index in [1.807, 2.05) is 0 Å². The number of aromatic nitrogens is 2. The van der Waals surface area contributed by atoms with Gasteiger partial charge in [-0.2, -0.15) is 9.40 Å². The number of hydrogen-bond acceptors (Lipinski definition) is 4. The first-order chi connectivity index (χ1) is 7.66. The van der Waals surface area contributed by atoms with Gasteiger partial charge in [-0.3, -0.25) is 5.10 Å². The summed E-state index contributed by atoms with van der Waals surface area (Å²) in [6.07, 6.45) is 5.51. The fraction of sp³-hybridized carbons (Fsp3) is 0.667. The Balaban J connectivity index is 2.28. The molecule has 1 aliphatic rings. The van der Waals surface area contributed by atoms with Crippen LogP contribution >= 0.6 is 0 Å². The van der Waals surface area contributed by atoms with Crippen molar-refractivity contribution in [1.29, 1.82) is 0 Å². The van der Waals surface area contributed by atoms with Crippen LogP contribution in [0.3, 0.4) is 0 Å². The topological polar surface area (TPSA) is 92.1 Å². The van der Waals surface area contributed by atoms with E-state index in [4.69, 9.17) is 5.73 Å². The molecule has 3 N–H and O–H groups in total. The third-order valence-corrected chi connectivity index (χ3v) is 4.84. The molecule has 16 heavy (non-hydrogen) atoms. The Morgan fingerprint density at radius 3 is 3.00 bits per heavy atom. The van der Waals surface area contributed by atoms with Crippen LogP contribution in [0.5, 0.6) is 0 Å². The van der Waals surface area contributed by atoms with Crippen LogP contribution in [0.25, 0.3) is 0 Å². The number of aromatic amines is 1. The summed E-state index contributed by atoms with van der Waals surface area (Å²) in [5.74, 6) is 0. The molecule has 7 heteroatoms. The number of hydrogen-bond donors (Lipinski definition) is 2. The number of rotatable bonds is 3. The van der Waals surface area contributed by atoms with Crippen LogP contribution in [0.2, 0.25) is 0 Å². The Morgan fingerprint density at radius 2 is 2.38 bits per heavy atom. The van der Waals surface area contributed by atoms with Gasteiger partial charge in [0.15, 0.2) is 0 Å². The molecule has 2 heterocycles. The molecule has 0 saturated carbocycles. The summed E-state index contributed by atoms with van der Waals surface area (Å²) in [5.41, 5.74) is 5.61. The molecule has 2 rings (SSSR count). The highest BCUT2D eigenvalue weighted by Gasteiger charge is 2.33. The van der Waals surface area contributed by atoms with Gasteiger partial charge >= 0.3 is 0 Å². The first-order valence-corrected chi connectivity index (χ1v) is 6.81. The highest BCUT2D eigenvalue weighted by molar-refractivity contribution is 7.89. The van der Waals surface area contributed by atoms with Crippen LogP contribution < -0.4 is 5.73 Å². The van der Waals surface area contributed by atoms with Gasteiger partial charge < -0.3 is 5.73 Å². The first kappa shape index (κ1) is 11.6. The van der Waals surface area contributed by atoms with Crippen LogP contribution in [0.4, 0.5) is 0 Å². The van der Waals surface area contributed by atoms with Gasteiger partial charge in [-0.1, -0.05) is 6.42 Å². The zero-order valence-corrected chi connectivity index (χ0v) is 9.78. The van der Waals surface area contributed by atoms with Gasteiger partial charge in [-0.15, -0.1) is 0 Å². The maximum Gasteiger partial charge on any atom is 0.246 e. The molecule has 6 nitrogen and oxygen atoms in total. The fourth-order valence-electron chi connectivity index (χ4n) is 2.04. The summed E-state index contributed by atoms with van der Waals surface area (Å²) in [7, 11) is -3.42. The predicted octanol–water partition coefficient (Wildman–Crippen LogP) is -0.0884. The van der Waals surface area contributed by atoms with Crippen LogP contribution in [0, 0.1) is 0 Å². The van der Waals surface area contributed by atoms with Crippen LogP contribution in [0.15, 0.2) is 17.3 Å². The molecule has 90 valence electrons. The lowest BCUT2D eigenvalue weighted by Gasteiger charge is -2.33. The summed E-state index contributed by atoms with van der Waals surface area (Å²) in [6, 6.07) is -0.0753. The number of nitrogens with one attached hydrogen (secondary N) is 1. The summed E-state index contributed by atoms with van der Waals surface area (Å²) < 4.78 is 26.0. The summed E-state index contributed by atoms with van der Waals surface area (Å²) in [5, 5.41) is 6.19. The molecular formula is C9H16N4O2S. The molecule has 0 aliphatic carbocycles. The summed E-state index contributed by atoms with van der Waals surface area (Å²) in [6.45, 7) is 0.923. The minimum Gasteiger partial charge on any atom is -0.329 e. The number of nitrogens with two attached hydrogens (primary N) is 1. The van der Waals surface area contributed by atoms with Crippen molar-refractivity contribution >= 4 is 10.0 Å². The minimum absolute atomic E-state index is 0.0753. The second-order valence-corrected chi connectivity index (χ2v) is 5.83. The van der Waals surface area contributed by atoms with E-state index in [0.29, 0.717) is 13.1 Å². The lowest BCUT2D eigenvalue weighted by Crippen LogP contribution is -2.47. The molecule has 0 aromatic carbocycles. The number of nitrogens with zero attached hydrogens (tertiary/aromatic N) is 2. The van der Waals surface area contributed by atoms with Crippen molar-refractivity contribution in [2.24, 2.45) is 5.73 Å². The molecular weight excluding hydrogens is 228 g/mol. The summed E-state index contributed by atoms with van der Waals surface area (Å²) in [4.78, 5) is 0.216. The van der Waals surface area contributed by atoms with E-state index in [1.165, 1.54) is 16.7 Å². The lowest BCUT2D eigenvalue weighted by molar-refractivity contribution is 0.257. The summed E-state index contributed by atoms with van der Waals surface area (Å²) >= 11 is 0. The maximum atomic E-state index is 12.2. The number of piperidine rings is 1. The van der Waals surface area contributed by atoms with Crippen LogP contribution in [-0.2, 0) is 10.0 Å². The largest absolute Gasteiger partial charge is 0.329 e. The molecule has 1 aliphatic heterocycles. The SMILES string of the molecule is NCC1CCCCN1S(=O)(=O)c1cn[nH]c1. The average Bonchev–Trinajstić information content (AvgIpc) is 2.83. The van der Waals surface area contributed by atoms with Crippen molar-refractivity contribution in [3.8, 4) is 0 Å². The van der Waals surface area contributed by atoms with E-state index >= 15 is 0 Å². The Bertz CT molecular complexity index is 428. The molecule has 1 saturated heterocycles. The molecule has 1 atom stereocenters. The first-order valence-electron chi connectivity index (χ1n) is 5.37. The van der Waals surface area contributed by atoms with Gasteiger partial charge in [0.25, 0.3) is 0 Å². The van der Waals surface area contributed by atoms with Crippen molar-refractivity contribution in [1.82, 2.24) is 14.5 Å². The Morgan fingerprint density at radius 1 is 1.56 bits per heavy atom. The van der Waals surface area contributed by atoms with Crippen molar-refractivity contribution in [2.45, 2.75) is 30.2 Å². The van der Waals surface area contributed by atoms with Crippen molar-refractivity contribution < 1.29 is 8.42 Å². The lowest BCUT2D eigenvalue weighted by atomic mass is 10.1. The van der Waals surface area contributed by atoms with Gasteiger partial charge in [0.05, 0.1) is 6.20 Å². The molecule has 0 radical (unpaired) electrons. The Labute approximate surface area is 94.9 Å². The van der Waals surface area contributed by atoms with Gasteiger partial charge in [0.1, 0.15) is 4.90 Å². The Kier molecular flexibility index (Phi) is 3.27. The van der Waals surface area contributed by atoms with Crippen molar-refractivity contribution in [3.05, 3.63) is 12.4 Å². The van der Waals surface area contributed by atoms with E-state index in [0.717, 1.165) is 19.3 Å². The standard InChI is InChI=1S/C9H16N4O2S/c10-5-8-3-1-2-4-13(8)16(14,15)9-6-11-12-7-9/h6-8H,1-5,10H2,(H,11,12). The zero-order valence-electron chi connectivity index (χ0n) is 8.96. The van der Waals surface area contributed by atoms with Gasteiger partial charge in [0.2, 0.25) is 10.0 Å². The number of sulfonamides is 1. The molecule has 1 aromatic rings. The predicted molar refractivity (Wildman–Crippen MR) is 59.2 cm³/mol. The normalized spacial score (nSPS) is 23.4. The third kappa shape index (κ3) is 1.98. The average molecular weight is 244 g/mol. The molecule has 0 bridgehead atoms. The molecule has 1 fully saturated rings. The maximum absolute atomic E-state index is 12.2. The molecule has 1 unspecified atom stereocenters. The van der Waals surface area contributed by atoms with E-state index in [-0.39, 0.29) is 10.9 Å². The quantitative estimate of drug-likeness (QED) is 0.777. The van der Waals surface area contributed by atoms with Crippen LogP contribution in [-0.4, -0.2) is 42.1 Å². The van der Waals surface area contributed by atoms with E-state index in [9.17, 15) is 8.42 Å². The highest BCUT2D eigenvalue weighted by Crippen LogP contribution is 2.23. The fourth-order valence-corrected chi connectivity index (χ4v) is 3.65. The minimum atomic E-state index is -3.42. The zero-order chi connectivity index (χ0) is 11.6. The van der Waals surface area contributed by atoms with E-state index in [2.05, 4.69) is 10.2 Å². The highest BCUT2D eigenvalue weighted by atomic mass is 32.2. The molecule has 0 amide bonds. The van der Waals surface area contributed by atoms with Crippen LogP contribution in [0.1, 0.15) is 19.3 Å². The van der Waals surface area contributed by atoms with Crippen molar-refractivity contribution in [3.63, 3.8) is 0 Å². The van der Waals surface area contributed by atoms with E-state index in [1.54, 1.807) is 0 Å². The van der Waals surface area contributed by atoms with Crippen molar-refractivity contribution in [2.75, 3.05) is 13.1 Å². The van der Waals surface area contributed by atoms with E-state index < -0.39 is 10.0 Å². The Hall–Kier alpha value is -0.920. The van der Waals surface area contributed by atoms with Gasteiger partial charge in [-0.25, -0.2) is 8.42 Å². The van der Waals surface area contributed by atoms with Gasteiger partial charge in [0, 0.05) is 25.3 Å².